The van der Waals surface area contributed by atoms with E-state index in [4.69, 9.17) is 0 Å². The number of aliphatic hydroxyl groups is 1. The molecule has 0 aliphatic heterocycles. The predicted octanol–water partition coefficient (Wildman–Crippen LogP) is 4.20. The second-order valence-corrected chi connectivity index (χ2v) is 5.83. The Morgan fingerprint density at radius 2 is 1.90 bits per heavy atom. The molecule has 0 radical (unpaired) electrons. The Morgan fingerprint density at radius 3 is 2.71 bits per heavy atom. The lowest BCUT2D eigenvalue weighted by Gasteiger charge is -2.11. The zero-order valence-corrected chi connectivity index (χ0v) is 12.1. The molecular formula is C17H14FNOS. The number of pyridine rings is 1. The number of halogens is 1. The second-order valence-electron chi connectivity index (χ2n) is 4.74. The summed E-state index contributed by atoms with van der Waals surface area (Å²) in [5, 5.41) is 11.3. The van der Waals surface area contributed by atoms with E-state index in [1.54, 1.807) is 18.3 Å². The van der Waals surface area contributed by atoms with Crippen molar-refractivity contribution >= 4 is 22.7 Å². The van der Waals surface area contributed by atoms with Crippen molar-refractivity contribution in [1.82, 2.24) is 4.98 Å². The minimum Gasteiger partial charge on any atom is -0.388 e. The van der Waals surface area contributed by atoms with Crippen LogP contribution in [0.2, 0.25) is 0 Å². The first-order valence-corrected chi connectivity index (χ1v) is 7.62. The number of nitrogens with zero attached hydrogens (tertiary/aromatic N) is 1. The van der Waals surface area contributed by atoms with Crippen LogP contribution in [0.3, 0.4) is 0 Å². The highest BCUT2D eigenvalue weighted by molar-refractivity contribution is 7.99. The van der Waals surface area contributed by atoms with Crippen molar-refractivity contribution in [2.45, 2.75) is 11.0 Å². The predicted molar refractivity (Wildman–Crippen MR) is 83.8 cm³/mol. The Labute approximate surface area is 126 Å². The number of aliphatic hydroxyl groups excluding tert-OH is 1. The van der Waals surface area contributed by atoms with Crippen molar-refractivity contribution < 1.29 is 9.50 Å². The van der Waals surface area contributed by atoms with Gasteiger partial charge >= 0.3 is 0 Å². The van der Waals surface area contributed by atoms with Crippen molar-refractivity contribution in [3.8, 4) is 0 Å². The molecule has 0 aliphatic rings. The van der Waals surface area contributed by atoms with Gasteiger partial charge in [0.1, 0.15) is 5.82 Å². The number of rotatable bonds is 4. The van der Waals surface area contributed by atoms with Crippen molar-refractivity contribution in [2.75, 3.05) is 5.75 Å². The molecule has 0 amide bonds. The third kappa shape index (κ3) is 3.40. The van der Waals surface area contributed by atoms with E-state index in [9.17, 15) is 9.50 Å². The Balaban J connectivity index is 1.71. The number of fused-ring (bicyclic) bond motifs is 1. The lowest BCUT2D eigenvalue weighted by Crippen LogP contribution is -2.00. The first-order chi connectivity index (χ1) is 10.2. The van der Waals surface area contributed by atoms with Crippen molar-refractivity contribution in [3.05, 3.63) is 72.2 Å². The fourth-order valence-corrected chi connectivity index (χ4v) is 2.97. The van der Waals surface area contributed by atoms with E-state index in [2.05, 4.69) is 4.98 Å². The summed E-state index contributed by atoms with van der Waals surface area (Å²) in [6.45, 7) is 0. The monoisotopic (exact) mass is 299 g/mol. The summed E-state index contributed by atoms with van der Waals surface area (Å²) in [7, 11) is 0. The van der Waals surface area contributed by atoms with Gasteiger partial charge in [-0.15, -0.1) is 11.8 Å². The van der Waals surface area contributed by atoms with E-state index in [1.165, 1.54) is 23.9 Å². The van der Waals surface area contributed by atoms with E-state index in [1.807, 2.05) is 30.3 Å². The average molecular weight is 299 g/mol. The van der Waals surface area contributed by atoms with E-state index in [-0.39, 0.29) is 5.82 Å². The molecule has 21 heavy (non-hydrogen) atoms. The van der Waals surface area contributed by atoms with Crippen LogP contribution in [0.15, 0.2) is 65.7 Å². The molecule has 0 aliphatic carbocycles. The van der Waals surface area contributed by atoms with Crippen LogP contribution in [-0.4, -0.2) is 15.8 Å². The highest BCUT2D eigenvalue weighted by Gasteiger charge is 2.09. The van der Waals surface area contributed by atoms with Gasteiger partial charge in [0.15, 0.2) is 0 Å². The summed E-state index contributed by atoms with van der Waals surface area (Å²) in [5.74, 6) is 0.277. The van der Waals surface area contributed by atoms with Gasteiger partial charge in [0, 0.05) is 22.2 Å². The molecule has 106 valence electrons. The fourth-order valence-electron chi connectivity index (χ4n) is 2.10. The quantitative estimate of drug-likeness (QED) is 0.733. The average Bonchev–Trinajstić information content (AvgIpc) is 2.53. The molecule has 3 aromatic rings. The minimum absolute atomic E-state index is 0.248. The van der Waals surface area contributed by atoms with Crippen LogP contribution in [0.4, 0.5) is 4.39 Å². The topological polar surface area (TPSA) is 33.1 Å². The van der Waals surface area contributed by atoms with Gasteiger partial charge in [-0.1, -0.05) is 12.1 Å². The molecule has 1 N–H and O–H groups in total. The SMILES string of the molecule is OC(CSc1ccc(F)cc1)c1ccc2ncccc2c1. The summed E-state index contributed by atoms with van der Waals surface area (Å²) in [6.07, 6.45) is 1.19. The Morgan fingerprint density at radius 1 is 1.10 bits per heavy atom. The van der Waals surface area contributed by atoms with Crippen LogP contribution >= 0.6 is 11.8 Å². The number of benzene rings is 2. The molecule has 2 aromatic carbocycles. The van der Waals surface area contributed by atoms with Crippen LogP contribution in [0, 0.1) is 5.82 Å². The van der Waals surface area contributed by atoms with Crippen LogP contribution in [0.25, 0.3) is 10.9 Å². The molecular weight excluding hydrogens is 285 g/mol. The Hall–Kier alpha value is -1.91. The van der Waals surface area contributed by atoms with Gasteiger partial charge in [-0.25, -0.2) is 4.39 Å². The van der Waals surface area contributed by atoms with Gasteiger partial charge in [-0.3, -0.25) is 4.98 Å². The molecule has 0 bridgehead atoms. The molecule has 0 saturated heterocycles. The van der Waals surface area contributed by atoms with Gasteiger partial charge in [0.2, 0.25) is 0 Å². The fraction of sp³-hybridized carbons (Fsp3) is 0.118. The molecule has 0 spiro atoms. The molecule has 3 rings (SSSR count). The molecule has 1 atom stereocenters. The molecule has 0 saturated carbocycles. The highest BCUT2D eigenvalue weighted by atomic mass is 32.2. The zero-order valence-electron chi connectivity index (χ0n) is 11.2. The van der Waals surface area contributed by atoms with Crippen LogP contribution < -0.4 is 0 Å². The van der Waals surface area contributed by atoms with Crippen molar-refractivity contribution in [2.24, 2.45) is 0 Å². The standard InChI is InChI=1S/C17H14FNOS/c18-14-4-6-15(7-5-14)21-11-17(20)13-3-8-16-12(10-13)2-1-9-19-16/h1-10,17,20H,11H2. The van der Waals surface area contributed by atoms with Crippen LogP contribution in [0.5, 0.6) is 0 Å². The lowest BCUT2D eigenvalue weighted by atomic mass is 10.1. The number of hydrogen-bond acceptors (Lipinski definition) is 3. The summed E-state index contributed by atoms with van der Waals surface area (Å²) in [6, 6.07) is 15.9. The molecule has 0 fully saturated rings. The molecule has 4 heteroatoms. The molecule has 2 nitrogen and oxygen atoms in total. The molecule has 1 aromatic heterocycles. The third-order valence-corrected chi connectivity index (χ3v) is 4.32. The largest absolute Gasteiger partial charge is 0.388 e. The van der Waals surface area contributed by atoms with Crippen LogP contribution in [-0.2, 0) is 0 Å². The summed E-state index contributed by atoms with van der Waals surface area (Å²) >= 11 is 1.51. The number of hydrogen-bond donors (Lipinski definition) is 1. The van der Waals surface area contributed by atoms with E-state index < -0.39 is 6.10 Å². The van der Waals surface area contributed by atoms with Gasteiger partial charge in [-0.05, 0) is 48.0 Å². The van der Waals surface area contributed by atoms with E-state index in [0.29, 0.717) is 5.75 Å². The maximum Gasteiger partial charge on any atom is 0.123 e. The summed E-state index contributed by atoms with van der Waals surface area (Å²) in [4.78, 5) is 5.20. The first-order valence-electron chi connectivity index (χ1n) is 6.63. The van der Waals surface area contributed by atoms with Gasteiger partial charge in [0.25, 0.3) is 0 Å². The summed E-state index contributed by atoms with van der Waals surface area (Å²) < 4.78 is 12.8. The third-order valence-electron chi connectivity index (χ3n) is 3.23. The first kappa shape index (κ1) is 14.0. The smallest absolute Gasteiger partial charge is 0.123 e. The number of aromatic nitrogens is 1. The second kappa shape index (κ2) is 6.24. The molecule has 1 heterocycles. The van der Waals surface area contributed by atoms with Gasteiger partial charge in [0.05, 0.1) is 11.6 Å². The molecule has 1 unspecified atom stereocenters. The lowest BCUT2D eigenvalue weighted by molar-refractivity contribution is 0.204. The van der Waals surface area contributed by atoms with Crippen LogP contribution in [0.1, 0.15) is 11.7 Å². The van der Waals surface area contributed by atoms with Crippen molar-refractivity contribution in [3.63, 3.8) is 0 Å². The maximum atomic E-state index is 12.8. The maximum absolute atomic E-state index is 12.8. The van der Waals surface area contributed by atoms with Gasteiger partial charge < -0.3 is 5.11 Å². The Kier molecular flexibility index (Phi) is 4.18. The summed E-state index contributed by atoms with van der Waals surface area (Å²) in [5.41, 5.74) is 1.78. The zero-order chi connectivity index (χ0) is 14.7. The normalized spacial score (nSPS) is 12.5. The van der Waals surface area contributed by atoms with Gasteiger partial charge in [-0.2, -0.15) is 0 Å². The van der Waals surface area contributed by atoms with E-state index in [0.717, 1.165) is 21.4 Å². The highest BCUT2D eigenvalue weighted by Crippen LogP contribution is 2.26. The van der Waals surface area contributed by atoms with Crippen molar-refractivity contribution in [1.29, 1.82) is 0 Å². The minimum atomic E-state index is -0.565. The van der Waals surface area contributed by atoms with E-state index >= 15 is 0 Å². The number of thioether (sulfide) groups is 1. The Bertz CT molecular complexity index is 745.